The van der Waals surface area contributed by atoms with Gasteiger partial charge >= 0.3 is 0 Å². The van der Waals surface area contributed by atoms with Crippen molar-refractivity contribution in [1.29, 1.82) is 0 Å². The molecule has 2 nitrogen and oxygen atoms in total. The molecular weight excluding hydrogens is 196 g/mol. The summed E-state index contributed by atoms with van der Waals surface area (Å²) < 4.78 is 0. The Morgan fingerprint density at radius 2 is 1.75 bits per heavy atom. The molecule has 0 aliphatic carbocycles. The fourth-order valence-electron chi connectivity index (χ4n) is 1.45. The molecule has 0 aliphatic rings. The van der Waals surface area contributed by atoms with Gasteiger partial charge in [-0.1, -0.05) is 40.7 Å². The summed E-state index contributed by atoms with van der Waals surface area (Å²) in [7, 11) is 0. The number of hydrogen-bond donors (Lipinski definition) is 0. The first-order valence-electron chi connectivity index (χ1n) is 5.77. The molecule has 2 aromatic rings. The quantitative estimate of drug-likeness (QED) is 0.666. The van der Waals surface area contributed by atoms with Crippen molar-refractivity contribution in [3.63, 3.8) is 0 Å². The van der Waals surface area contributed by atoms with Gasteiger partial charge in [0.25, 0.3) is 0 Å². The Labute approximate surface area is 97.7 Å². The molecule has 0 N–H and O–H groups in total. The van der Waals surface area contributed by atoms with Crippen molar-refractivity contribution in [3.8, 4) is 0 Å². The molecule has 0 aliphatic heterocycles. The highest BCUT2D eigenvalue weighted by atomic mass is 14.8. The number of nitrogens with zero attached hydrogens (tertiary/aromatic N) is 2. The second-order valence-corrected chi connectivity index (χ2v) is 4.55. The third-order valence-electron chi connectivity index (χ3n) is 2.37. The highest BCUT2D eigenvalue weighted by Gasteiger charge is 2.13. The first kappa shape index (κ1) is 12.6. The fourth-order valence-corrected chi connectivity index (χ4v) is 1.45. The lowest BCUT2D eigenvalue weighted by Gasteiger charge is -2.19. The summed E-state index contributed by atoms with van der Waals surface area (Å²) in [5.74, 6) is 0. The first-order chi connectivity index (χ1) is 7.57. The first-order valence-corrected chi connectivity index (χ1v) is 5.77. The second-order valence-electron chi connectivity index (χ2n) is 4.55. The van der Waals surface area contributed by atoms with E-state index in [2.05, 4.69) is 48.9 Å². The van der Waals surface area contributed by atoms with Gasteiger partial charge in [0.2, 0.25) is 0 Å². The zero-order valence-electron chi connectivity index (χ0n) is 10.8. The van der Waals surface area contributed by atoms with E-state index in [4.69, 9.17) is 0 Å². The number of fused-ring (bicyclic) bond motifs is 1. The number of hydrogen-bond acceptors (Lipinski definition) is 2. The third kappa shape index (κ3) is 2.78. The van der Waals surface area contributed by atoms with Crippen LogP contribution in [0.5, 0.6) is 0 Å². The van der Waals surface area contributed by atoms with Crippen molar-refractivity contribution in [2.45, 2.75) is 40.0 Å². The molecule has 1 aromatic carbocycles. The van der Waals surface area contributed by atoms with Crippen molar-refractivity contribution in [1.82, 2.24) is 9.97 Å². The molecule has 0 unspecified atom stereocenters. The molecule has 0 saturated carbocycles. The maximum atomic E-state index is 4.19. The second kappa shape index (κ2) is 5.06. The summed E-state index contributed by atoms with van der Waals surface area (Å²) in [4.78, 5) is 8.22. The monoisotopic (exact) mass is 216 g/mol. The van der Waals surface area contributed by atoms with E-state index in [0.717, 1.165) is 10.9 Å². The van der Waals surface area contributed by atoms with E-state index in [9.17, 15) is 0 Å². The Balaban J connectivity index is 0.000000606. The summed E-state index contributed by atoms with van der Waals surface area (Å²) in [6.07, 6.45) is 3.44. The lowest BCUT2D eigenvalue weighted by atomic mass is 9.86. The Hall–Kier alpha value is -1.44. The van der Waals surface area contributed by atoms with Crippen LogP contribution >= 0.6 is 0 Å². The van der Waals surface area contributed by atoms with Crippen LogP contribution in [0.1, 0.15) is 40.2 Å². The molecule has 2 heteroatoms. The van der Waals surface area contributed by atoms with Crippen LogP contribution < -0.4 is 0 Å². The van der Waals surface area contributed by atoms with Crippen LogP contribution in [0.15, 0.2) is 30.7 Å². The van der Waals surface area contributed by atoms with Crippen molar-refractivity contribution < 1.29 is 0 Å². The van der Waals surface area contributed by atoms with Gasteiger partial charge in [-0.25, -0.2) is 9.97 Å². The van der Waals surface area contributed by atoms with Gasteiger partial charge in [0, 0.05) is 11.6 Å². The van der Waals surface area contributed by atoms with E-state index in [1.165, 1.54) is 5.56 Å². The SMILES string of the molecule is CC.CC(C)(C)c1ccc2ncncc2c1. The van der Waals surface area contributed by atoms with Crippen LogP contribution in [-0.2, 0) is 5.41 Å². The minimum absolute atomic E-state index is 0.185. The summed E-state index contributed by atoms with van der Waals surface area (Å²) >= 11 is 0. The largest absolute Gasteiger partial charge is 0.244 e. The van der Waals surface area contributed by atoms with E-state index < -0.39 is 0 Å². The van der Waals surface area contributed by atoms with Crippen molar-refractivity contribution in [2.24, 2.45) is 0 Å². The van der Waals surface area contributed by atoms with Crippen LogP contribution in [0.25, 0.3) is 10.9 Å². The predicted octanol–water partition coefficient (Wildman–Crippen LogP) is 3.95. The van der Waals surface area contributed by atoms with Crippen LogP contribution in [0.2, 0.25) is 0 Å². The standard InChI is InChI=1S/C12H14N2.C2H6/c1-12(2,3)10-4-5-11-9(6-10)7-13-8-14-11;1-2/h4-8H,1-3H3;1-2H3. The summed E-state index contributed by atoms with van der Waals surface area (Å²) in [6, 6.07) is 6.35. The van der Waals surface area contributed by atoms with Gasteiger partial charge in [-0.15, -0.1) is 0 Å². The van der Waals surface area contributed by atoms with E-state index in [-0.39, 0.29) is 5.41 Å². The molecule has 0 fully saturated rings. The average Bonchev–Trinajstić information content (AvgIpc) is 2.30. The Bertz CT molecular complexity index is 455. The molecule has 0 atom stereocenters. The summed E-state index contributed by atoms with van der Waals surface area (Å²) in [5, 5.41) is 1.11. The maximum Gasteiger partial charge on any atom is 0.116 e. The Kier molecular flexibility index (Phi) is 3.99. The van der Waals surface area contributed by atoms with Gasteiger partial charge in [0.05, 0.1) is 5.52 Å². The molecule has 86 valence electrons. The smallest absolute Gasteiger partial charge is 0.116 e. The lowest BCUT2D eigenvalue weighted by molar-refractivity contribution is 0.591. The molecule has 0 saturated heterocycles. The Morgan fingerprint density at radius 3 is 2.38 bits per heavy atom. The van der Waals surface area contributed by atoms with Gasteiger partial charge in [-0.3, -0.25) is 0 Å². The molecule has 0 bridgehead atoms. The number of aromatic nitrogens is 2. The zero-order chi connectivity index (χ0) is 12.2. The highest BCUT2D eigenvalue weighted by Crippen LogP contribution is 2.24. The summed E-state index contributed by atoms with van der Waals surface area (Å²) in [5.41, 5.74) is 2.51. The van der Waals surface area contributed by atoms with Crippen LogP contribution in [0.4, 0.5) is 0 Å². The van der Waals surface area contributed by atoms with E-state index >= 15 is 0 Å². The molecule has 1 heterocycles. The maximum absolute atomic E-state index is 4.19. The van der Waals surface area contributed by atoms with E-state index in [1.54, 1.807) is 6.33 Å². The van der Waals surface area contributed by atoms with Crippen LogP contribution in [-0.4, -0.2) is 9.97 Å². The molecule has 0 radical (unpaired) electrons. The van der Waals surface area contributed by atoms with E-state index in [0.29, 0.717) is 0 Å². The van der Waals surface area contributed by atoms with Crippen molar-refractivity contribution >= 4 is 10.9 Å². The Morgan fingerprint density at radius 1 is 1.06 bits per heavy atom. The van der Waals surface area contributed by atoms with Gasteiger partial charge in [0.15, 0.2) is 0 Å². The molecule has 2 rings (SSSR count). The average molecular weight is 216 g/mol. The topological polar surface area (TPSA) is 25.8 Å². The van der Waals surface area contributed by atoms with E-state index in [1.807, 2.05) is 20.0 Å². The van der Waals surface area contributed by atoms with Crippen LogP contribution in [0, 0.1) is 0 Å². The molecule has 16 heavy (non-hydrogen) atoms. The minimum atomic E-state index is 0.185. The van der Waals surface area contributed by atoms with Gasteiger partial charge < -0.3 is 0 Å². The molecule has 1 aromatic heterocycles. The normalized spacial score (nSPS) is 10.8. The molecule has 0 spiro atoms. The number of benzene rings is 1. The van der Waals surface area contributed by atoms with Gasteiger partial charge in [-0.05, 0) is 23.1 Å². The van der Waals surface area contributed by atoms with Crippen molar-refractivity contribution in [2.75, 3.05) is 0 Å². The fraction of sp³-hybridized carbons (Fsp3) is 0.429. The summed E-state index contributed by atoms with van der Waals surface area (Å²) in [6.45, 7) is 10.6. The molecular formula is C14H20N2. The van der Waals surface area contributed by atoms with Gasteiger partial charge in [-0.2, -0.15) is 0 Å². The van der Waals surface area contributed by atoms with Crippen molar-refractivity contribution in [3.05, 3.63) is 36.3 Å². The number of rotatable bonds is 0. The molecule has 0 amide bonds. The zero-order valence-corrected chi connectivity index (χ0v) is 10.8. The lowest BCUT2D eigenvalue weighted by Crippen LogP contribution is -2.10. The van der Waals surface area contributed by atoms with Gasteiger partial charge in [0.1, 0.15) is 6.33 Å². The van der Waals surface area contributed by atoms with Crippen LogP contribution in [0.3, 0.4) is 0 Å². The minimum Gasteiger partial charge on any atom is -0.244 e. The predicted molar refractivity (Wildman–Crippen MR) is 69.6 cm³/mol. The highest BCUT2D eigenvalue weighted by molar-refractivity contribution is 5.78. The third-order valence-corrected chi connectivity index (χ3v) is 2.37.